The number of hydrogen-bond acceptors (Lipinski definition) is 2. The Labute approximate surface area is 111 Å². The first-order valence-electron chi connectivity index (χ1n) is 5.62. The summed E-state index contributed by atoms with van der Waals surface area (Å²) in [6, 6.07) is 1.45. The number of alkyl halides is 3. The molecule has 2 amide bonds. The lowest BCUT2D eigenvalue weighted by atomic mass is 10.1. The first-order valence-corrected chi connectivity index (χ1v) is 5.62. The Kier molecular flexibility index (Phi) is 2.99. The predicted octanol–water partition coefficient (Wildman–Crippen LogP) is 3.13. The zero-order chi connectivity index (χ0) is 15.3. The Morgan fingerprint density at radius 1 is 1.30 bits per heavy atom. The van der Waals surface area contributed by atoms with Crippen molar-refractivity contribution in [3.63, 3.8) is 0 Å². The fraction of sp³-hybridized carbons (Fsp3) is 0.333. The molecule has 1 saturated heterocycles. The van der Waals surface area contributed by atoms with E-state index < -0.39 is 29.1 Å². The van der Waals surface area contributed by atoms with Crippen molar-refractivity contribution < 1.29 is 22.4 Å². The Bertz CT molecular complexity index is 595. The molecule has 1 aromatic rings. The Hall–Kier alpha value is -2.12. The van der Waals surface area contributed by atoms with Crippen LogP contribution in [0.5, 0.6) is 0 Å². The molecule has 1 heterocycles. The number of nitrogens with one attached hydrogen (secondary N) is 2. The minimum absolute atomic E-state index is 0.202. The molecule has 4 nitrogen and oxygen atoms in total. The van der Waals surface area contributed by atoms with Gasteiger partial charge in [-0.1, -0.05) is 0 Å². The van der Waals surface area contributed by atoms with E-state index in [0.29, 0.717) is 12.1 Å². The molecule has 20 heavy (non-hydrogen) atoms. The monoisotopic (exact) mass is 289 g/mol. The SMILES string of the molecule is CC1(C)NC(=O)N(c2ccc(F)c(C(F)(F)F)c2)C1=N. The zero-order valence-corrected chi connectivity index (χ0v) is 10.6. The molecule has 8 heteroatoms. The topological polar surface area (TPSA) is 56.2 Å². The first kappa shape index (κ1) is 14.3. The first-order chi connectivity index (χ1) is 9.04. The molecule has 2 N–H and O–H groups in total. The van der Waals surface area contributed by atoms with Gasteiger partial charge < -0.3 is 5.32 Å². The van der Waals surface area contributed by atoms with Crippen LogP contribution in [0.4, 0.5) is 28.0 Å². The summed E-state index contributed by atoms with van der Waals surface area (Å²) < 4.78 is 51.2. The highest BCUT2D eigenvalue weighted by Crippen LogP contribution is 2.35. The van der Waals surface area contributed by atoms with Crippen LogP contribution in [0, 0.1) is 11.2 Å². The van der Waals surface area contributed by atoms with Crippen LogP contribution in [-0.2, 0) is 6.18 Å². The van der Waals surface area contributed by atoms with Crippen molar-refractivity contribution in [3.05, 3.63) is 29.6 Å². The molecule has 0 spiro atoms. The number of amides is 2. The minimum Gasteiger partial charge on any atom is -0.325 e. The maximum Gasteiger partial charge on any atom is 0.419 e. The minimum atomic E-state index is -4.87. The molecule has 0 saturated carbocycles. The van der Waals surface area contributed by atoms with E-state index in [1.807, 2.05) is 0 Å². The third-order valence-corrected chi connectivity index (χ3v) is 2.95. The normalized spacial score (nSPS) is 18.4. The fourth-order valence-electron chi connectivity index (χ4n) is 1.88. The van der Waals surface area contributed by atoms with Crippen LogP contribution in [0.3, 0.4) is 0 Å². The van der Waals surface area contributed by atoms with E-state index in [-0.39, 0.29) is 11.5 Å². The summed E-state index contributed by atoms with van der Waals surface area (Å²) in [5.74, 6) is -1.63. The summed E-state index contributed by atoms with van der Waals surface area (Å²) in [4.78, 5) is 12.5. The lowest BCUT2D eigenvalue weighted by Gasteiger charge is -2.20. The van der Waals surface area contributed by atoms with Crippen LogP contribution in [0.15, 0.2) is 18.2 Å². The smallest absolute Gasteiger partial charge is 0.325 e. The summed E-state index contributed by atoms with van der Waals surface area (Å²) in [5.41, 5.74) is -2.67. The van der Waals surface area contributed by atoms with Crippen molar-refractivity contribution in [1.29, 1.82) is 5.41 Å². The van der Waals surface area contributed by atoms with Gasteiger partial charge in [-0.05, 0) is 32.0 Å². The average molecular weight is 289 g/mol. The number of carbonyl (C=O) groups is 1. The number of urea groups is 1. The van der Waals surface area contributed by atoms with Gasteiger partial charge in [-0.3, -0.25) is 5.41 Å². The van der Waals surface area contributed by atoms with E-state index in [4.69, 9.17) is 5.41 Å². The molecule has 0 aromatic heterocycles. The highest BCUT2D eigenvalue weighted by Gasteiger charge is 2.43. The molecule has 0 unspecified atom stereocenters. The van der Waals surface area contributed by atoms with Crippen molar-refractivity contribution in [2.75, 3.05) is 4.90 Å². The predicted molar refractivity (Wildman–Crippen MR) is 64.2 cm³/mol. The van der Waals surface area contributed by atoms with E-state index in [1.165, 1.54) is 0 Å². The summed E-state index contributed by atoms with van der Waals surface area (Å²) in [5, 5.41) is 10.3. The number of benzene rings is 1. The molecule has 0 atom stereocenters. The average Bonchev–Trinajstić information content (AvgIpc) is 2.48. The number of anilines is 1. The third kappa shape index (κ3) is 2.21. The number of amidine groups is 1. The van der Waals surface area contributed by atoms with Crippen LogP contribution >= 0.6 is 0 Å². The summed E-state index contributed by atoms with van der Waals surface area (Å²) in [6.45, 7) is 3.09. The molecule has 1 aromatic carbocycles. The molecule has 1 fully saturated rings. The van der Waals surface area contributed by atoms with Crippen molar-refractivity contribution in [2.24, 2.45) is 0 Å². The molecule has 0 aliphatic carbocycles. The van der Waals surface area contributed by atoms with Crippen molar-refractivity contribution in [2.45, 2.75) is 25.6 Å². The van der Waals surface area contributed by atoms with Gasteiger partial charge in [0.05, 0.1) is 16.8 Å². The van der Waals surface area contributed by atoms with Crippen LogP contribution in [-0.4, -0.2) is 17.4 Å². The largest absolute Gasteiger partial charge is 0.419 e. The van der Waals surface area contributed by atoms with Gasteiger partial charge >= 0.3 is 12.2 Å². The number of halogens is 4. The molecule has 0 radical (unpaired) electrons. The zero-order valence-electron chi connectivity index (χ0n) is 10.6. The highest BCUT2D eigenvalue weighted by atomic mass is 19.4. The number of hydrogen-bond donors (Lipinski definition) is 2. The van der Waals surface area contributed by atoms with Crippen LogP contribution in [0.2, 0.25) is 0 Å². The second-order valence-electron chi connectivity index (χ2n) is 4.90. The van der Waals surface area contributed by atoms with Crippen LogP contribution in [0.25, 0.3) is 0 Å². The molecule has 108 valence electrons. The number of rotatable bonds is 1. The molecular formula is C12H11F4N3O. The Balaban J connectivity index is 2.50. The molecule has 1 aliphatic heterocycles. The van der Waals surface area contributed by atoms with Gasteiger partial charge in [0.25, 0.3) is 0 Å². The van der Waals surface area contributed by atoms with Gasteiger partial charge in [0, 0.05) is 0 Å². The summed E-state index contributed by atoms with van der Waals surface area (Å²) in [7, 11) is 0. The molecule has 0 bridgehead atoms. The Morgan fingerprint density at radius 3 is 2.35 bits per heavy atom. The maximum absolute atomic E-state index is 13.2. The van der Waals surface area contributed by atoms with E-state index in [9.17, 15) is 22.4 Å². The molecule has 2 rings (SSSR count). The van der Waals surface area contributed by atoms with Crippen molar-refractivity contribution in [3.8, 4) is 0 Å². The van der Waals surface area contributed by atoms with E-state index in [1.54, 1.807) is 13.8 Å². The number of nitrogens with zero attached hydrogens (tertiary/aromatic N) is 1. The van der Waals surface area contributed by atoms with Gasteiger partial charge in [0.2, 0.25) is 0 Å². The second-order valence-corrected chi connectivity index (χ2v) is 4.90. The van der Waals surface area contributed by atoms with E-state index in [0.717, 1.165) is 11.0 Å². The lowest BCUT2D eigenvalue weighted by molar-refractivity contribution is -0.139. The summed E-state index contributed by atoms with van der Waals surface area (Å²) in [6.07, 6.45) is -4.87. The fourth-order valence-corrected chi connectivity index (χ4v) is 1.88. The Morgan fingerprint density at radius 2 is 1.90 bits per heavy atom. The van der Waals surface area contributed by atoms with Crippen LogP contribution < -0.4 is 10.2 Å². The number of carbonyl (C=O) groups excluding carboxylic acids is 1. The van der Waals surface area contributed by atoms with Gasteiger partial charge in [-0.15, -0.1) is 0 Å². The van der Waals surface area contributed by atoms with E-state index in [2.05, 4.69) is 5.32 Å². The summed E-state index contributed by atoms with van der Waals surface area (Å²) >= 11 is 0. The van der Waals surface area contributed by atoms with Crippen molar-refractivity contribution >= 4 is 17.6 Å². The van der Waals surface area contributed by atoms with Gasteiger partial charge in [-0.25, -0.2) is 14.1 Å². The van der Waals surface area contributed by atoms with Gasteiger partial charge in [0.1, 0.15) is 11.7 Å². The third-order valence-electron chi connectivity index (χ3n) is 2.95. The quantitative estimate of drug-likeness (QED) is 0.767. The lowest BCUT2D eigenvalue weighted by Crippen LogP contribution is -2.39. The highest BCUT2D eigenvalue weighted by molar-refractivity contribution is 6.24. The molecule has 1 aliphatic rings. The molecular weight excluding hydrogens is 278 g/mol. The van der Waals surface area contributed by atoms with Crippen LogP contribution in [0.1, 0.15) is 19.4 Å². The van der Waals surface area contributed by atoms with Gasteiger partial charge in [0.15, 0.2) is 0 Å². The van der Waals surface area contributed by atoms with E-state index >= 15 is 0 Å². The van der Waals surface area contributed by atoms with Gasteiger partial charge in [-0.2, -0.15) is 13.2 Å². The second kappa shape index (κ2) is 4.19. The maximum atomic E-state index is 13.2. The van der Waals surface area contributed by atoms with Crippen molar-refractivity contribution in [1.82, 2.24) is 5.32 Å². The standard InChI is InChI=1S/C12H11F4N3O/c1-11(2)9(17)19(10(20)18-11)6-3-4-8(13)7(5-6)12(14,15)16/h3-5,17H,1-2H3,(H,18,20).